The van der Waals surface area contributed by atoms with Gasteiger partial charge in [0.05, 0.1) is 0 Å². The molecule has 0 saturated heterocycles. The maximum Gasteiger partial charge on any atom is 0.124 e. The molecule has 1 aliphatic rings. The van der Waals surface area contributed by atoms with Crippen molar-refractivity contribution >= 4 is 12.4 Å². The normalized spacial score (nSPS) is 16.9. The predicted octanol–water partition coefficient (Wildman–Crippen LogP) is 2.32. The minimum atomic E-state index is -0.108. The number of nitrogens with two attached hydrogens (primary N) is 1. The van der Waals surface area contributed by atoms with Gasteiger partial charge >= 0.3 is 0 Å². The molecular weight excluding hydrogens is 214 g/mol. The molecule has 0 unspecified atom stereocenters. The number of aromatic hydroxyl groups is 2. The molecule has 0 aromatic heterocycles. The van der Waals surface area contributed by atoms with Crippen molar-refractivity contribution in [2.75, 3.05) is 0 Å². The van der Waals surface area contributed by atoms with Gasteiger partial charge in [-0.15, -0.1) is 12.4 Å². The number of hydrogen-bond acceptors (Lipinski definition) is 3. The average Bonchev–Trinajstić information content (AvgIpc) is 2.87. The highest BCUT2D eigenvalue weighted by Gasteiger charge is 2.25. The Balaban J connectivity index is 0.00000112. The summed E-state index contributed by atoms with van der Waals surface area (Å²) in [6.45, 7) is 0. The first kappa shape index (κ1) is 12.1. The molecule has 1 atom stereocenters. The Kier molecular flexibility index (Phi) is 3.83. The second-order valence-electron chi connectivity index (χ2n) is 4.03. The lowest BCUT2D eigenvalue weighted by molar-refractivity contribution is 0.438. The molecule has 4 N–H and O–H groups in total. The highest BCUT2D eigenvalue weighted by Crippen LogP contribution is 2.38. The fraction of sp³-hybridized carbons (Fsp3) is 0.455. The molecule has 0 amide bonds. The van der Waals surface area contributed by atoms with Gasteiger partial charge in [0.2, 0.25) is 0 Å². The fourth-order valence-corrected chi connectivity index (χ4v) is 1.69. The van der Waals surface area contributed by atoms with Gasteiger partial charge in [0.25, 0.3) is 0 Å². The molecule has 1 aromatic rings. The molecule has 1 fully saturated rings. The summed E-state index contributed by atoms with van der Waals surface area (Å²) in [5, 5.41) is 18.7. The molecule has 0 radical (unpaired) electrons. The van der Waals surface area contributed by atoms with Crippen LogP contribution in [-0.4, -0.2) is 10.2 Å². The van der Waals surface area contributed by atoms with Gasteiger partial charge in [-0.1, -0.05) is 18.9 Å². The summed E-state index contributed by atoms with van der Waals surface area (Å²) < 4.78 is 0. The summed E-state index contributed by atoms with van der Waals surface area (Å²) in [5.74, 6) is 0.904. The van der Waals surface area contributed by atoms with Crippen molar-refractivity contribution in [2.45, 2.75) is 25.3 Å². The van der Waals surface area contributed by atoms with E-state index >= 15 is 0 Å². The van der Waals surface area contributed by atoms with Crippen molar-refractivity contribution in [3.05, 3.63) is 23.8 Å². The van der Waals surface area contributed by atoms with E-state index in [4.69, 9.17) is 10.8 Å². The standard InChI is InChI=1S/C11H15NO2.ClH/c12-10(5-7-1-2-7)9-4-3-8(13)6-11(9)14;/h3-4,6-7,10,13-14H,1-2,5,12H2;1H/t10-;/m1./s1. The monoisotopic (exact) mass is 229 g/mol. The van der Waals surface area contributed by atoms with Crippen molar-refractivity contribution in [3.8, 4) is 11.5 Å². The molecule has 1 aromatic carbocycles. The molecule has 0 aliphatic heterocycles. The quantitative estimate of drug-likeness (QED) is 0.745. The van der Waals surface area contributed by atoms with Gasteiger partial charge in [0.15, 0.2) is 0 Å². The Bertz CT molecular complexity index is 339. The molecule has 0 spiro atoms. The van der Waals surface area contributed by atoms with Crippen LogP contribution in [0.15, 0.2) is 18.2 Å². The number of hydrogen-bond donors (Lipinski definition) is 3. The molecule has 0 bridgehead atoms. The van der Waals surface area contributed by atoms with Gasteiger partial charge in [-0.2, -0.15) is 0 Å². The Morgan fingerprint density at radius 3 is 2.53 bits per heavy atom. The first-order valence-electron chi connectivity index (χ1n) is 4.94. The van der Waals surface area contributed by atoms with E-state index in [0.29, 0.717) is 0 Å². The van der Waals surface area contributed by atoms with Gasteiger partial charge in [-0.3, -0.25) is 0 Å². The van der Waals surface area contributed by atoms with Crippen LogP contribution in [0.4, 0.5) is 0 Å². The molecule has 3 nitrogen and oxygen atoms in total. The Labute approximate surface area is 95.3 Å². The van der Waals surface area contributed by atoms with Crippen molar-refractivity contribution in [3.63, 3.8) is 0 Å². The SMILES string of the molecule is Cl.N[C@H](CC1CC1)c1ccc(O)cc1O. The predicted molar refractivity (Wildman–Crippen MR) is 61.3 cm³/mol. The molecule has 0 heterocycles. The van der Waals surface area contributed by atoms with Gasteiger partial charge in [-0.25, -0.2) is 0 Å². The minimum Gasteiger partial charge on any atom is -0.508 e. The highest BCUT2D eigenvalue weighted by molar-refractivity contribution is 5.85. The fourth-order valence-electron chi connectivity index (χ4n) is 1.69. The number of halogens is 1. The van der Waals surface area contributed by atoms with E-state index in [1.54, 1.807) is 12.1 Å². The Morgan fingerprint density at radius 2 is 2.00 bits per heavy atom. The molecular formula is C11H16ClNO2. The van der Waals surface area contributed by atoms with Crippen molar-refractivity contribution in [2.24, 2.45) is 11.7 Å². The van der Waals surface area contributed by atoms with E-state index in [1.165, 1.54) is 18.9 Å². The van der Waals surface area contributed by atoms with Crippen LogP contribution in [0, 0.1) is 5.92 Å². The molecule has 1 saturated carbocycles. The zero-order valence-corrected chi connectivity index (χ0v) is 9.20. The van der Waals surface area contributed by atoms with Crippen LogP contribution in [0.3, 0.4) is 0 Å². The lowest BCUT2D eigenvalue weighted by Crippen LogP contribution is -2.10. The first-order chi connectivity index (χ1) is 6.66. The van der Waals surface area contributed by atoms with Crippen LogP contribution >= 0.6 is 12.4 Å². The van der Waals surface area contributed by atoms with E-state index < -0.39 is 0 Å². The highest BCUT2D eigenvalue weighted by atomic mass is 35.5. The summed E-state index contributed by atoms with van der Waals surface area (Å²) in [4.78, 5) is 0. The zero-order valence-electron chi connectivity index (χ0n) is 8.39. The second kappa shape index (κ2) is 4.73. The summed E-state index contributed by atoms with van der Waals surface area (Å²) in [7, 11) is 0. The van der Waals surface area contributed by atoms with Gasteiger partial charge in [-0.05, 0) is 18.4 Å². The summed E-state index contributed by atoms with van der Waals surface area (Å²) in [5.41, 5.74) is 6.68. The van der Waals surface area contributed by atoms with E-state index in [0.717, 1.165) is 17.9 Å². The molecule has 15 heavy (non-hydrogen) atoms. The number of rotatable bonds is 3. The summed E-state index contributed by atoms with van der Waals surface area (Å²) in [6, 6.07) is 4.48. The van der Waals surface area contributed by atoms with Crippen molar-refractivity contribution in [1.82, 2.24) is 0 Å². The molecule has 2 rings (SSSR count). The van der Waals surface area contributed by atoms with E-state index in [-0.39, 0.29) is 29.9 Å². The van der Waals surface area contributed by atoms with Crippen molar-refractivity contribution < 1.29 is 10.2 Å². The molecule has 84 valence electrons. The summed E-state index contributed by atoms with van der Waals surface area (Å²) >= 11 is 0. The second-order valence-corrected chi connectivity index (χ2v) is 4.03. The lowest BCUT2D eigenvalue weighted by atomic mass is 10.0. The third kappa shape index (κ3) is 3.01. The lowest BCUT2D eigenvalue weighted by Gasteiger charge is -2.13. The van der Waals surface area contributed by atoms with Crippen molar-refractivity contribution in [1.29, 1.82) is 0 Å². The maximum absolute atomic E-state index is 9.56. The Morgan fingerprint density at radius 1 is 1.33 bits per heavy atom. The third-order valence-electron chi connectivity index (χ3n) is 2.70. The van der Waals surface area contributed by atoms with Crippen LogP contribution in [0.1, 0.15) is 30.9 Å². The van der Waals surface area contributed by atoms with Gasteiger partial charge in [0, 0.05) is 17.7 Å². The number of phenolic OH excluding ortho intramolecular Hbond substituents is 2. The minimum absolute atomic E-state index is 0. The van der Waals surface area contributed by atoms with E-state index in [2.05, 4.69) is 0 Å². The van der Waals surface area contributed by atoms with Gasteiger partial charge in [0.1, 0.15) is 11.5 Å². The number of benzene rings is 1. The maximum atomic E-state index is 9.56. The Hall–Kier alpha value is -0.930. The average molecular weight is 230 g/mol. The largest absolute Gasteiger partial charge is 0.508 e. The van der Waals surface area contributed by atoms with Crippen LogP contribution < -0.4 is 5.73 Å². The molecule has 1 aliphatic carbocycles. The van der Waals surface area contributed by atoms with Crippen LogP contribution in [0.5, 0.6) is 11.5 Å². The van der Waals surface area contributed by atoms with Crippen LogP contribution in [0.2, 0.25) is 0 Å². The smallest absolute Gasteiger partial charge is 0.124 e. The molecule has 4 heteroatoms. The van der Waals surface area contributed by atoms with Crippen LogP contribution in [0.25, 0.3) is 0 Å². The van der Waals surface area contributed by atoms with E-state index in [1.807, 2.05) is 0 Å². The zero-order chi connectivity index (χ0) is 10.1. The number of phenols is 2. The topological polar surface area (TPSA) is 66.5 Å². The summed E-state index contributed by atoms with van der Waals surface area (Å²) in [6.07, 6.45) is 3.44. The van der Waals surface area contributed by atoms with Gasteiger partial charge < -0.3 is 15.9 Å². The third-order valence-corrected chi connectivity index (χ3v) is 2.70. The van der Waals surface area contributed by atoms with E-state index in [9.17, 15) is 5.11 Å². The first-order valence-corrected chi connectivity index (χ1v) is 4.94. The van der Waals surface area contributed by atoms with Crippen LogP contribution in [-0.2, 0) is 0 Å².